The van der Waals surface area contributed by atoms with Gasteiger partial charge in [0.2, 0.25) is 0 Å². The summed E-state index contributed by atoms with van der Waals surface area (Å²) >= 11 is 6.02. The Balaban J connectivity index is 2.24. The summed E-state index contributed by atoms with van der Waals surface area (Å²) in [5.41, 5.74) is 1.91. The van der Waals surface area contributed by atoms with Gasteiger partial charge in [0.15, 0.2) is 5.78 Å². The summed E-state index contributed by atoms with van der Waals surface area (Å²) < 4.78 is 0. The van der Waals surface area contributed by atoms with E-state index in [1.165, 1.54) is 0 Å². The Morgan fingerprint density at radius 3 is 2.88 bits per heavy atom. The van der Waals surface area contributed by atoms with Crippen LogP contribution in [0.15, 0.2) is 18.2 Å². The molecule has 82 valence electrons. The number of benzene rings is 1. The molecule has 0 aromatic heterocycles. The molecule has 1 aromatic rings. The van der Waals surface area contributed by atoms with E-state index in [1.807, 2.05) is 36.1 Å². The van der Waals surface area contributed by atoms with Gasteiger partial charge in [0.1, 0.15) is 5.92 Å². The van der Waals surface area contributed by atoms with Crippen molar-refractivity contribution in [3.05, 3.63) is 28.8 Å². The summed E-state index contributed by atoms with van der Waals surface area (Å²) in [6, 6.07) is 7.70. The van der Waals surface area contributed by atoms with Crippen LogP contribution in [0.2, 0.25) is 5.02 Å². The third-order valence-corrected chi connectivity index (χ3v) is 3.22. The second kappa shape index (κ2) is 4.15. The molecule has 3 nitrogen and oxygen atoms in total. The molecule has 1 aromatic carbocycles. The highest BCUT2D eigenvalue weighted by Gasteiger charge is 2.30. The first kappa shape index (κ1) is 11.0. The number of carbonyl (C=O) groups is 1. The first-order valence-electron chi connectivity index (χ1n) is 5.05. The summed E-state index contributed by atoms with van der Waals surface area (Å²) in [5.74, 6) is -0.515. The number of nitriles is 1. The number of rotatable bonds is 1. The molecule has 0 saturated carbocycles. The molecule has 0 amide bonds. The lowest BCUT2D eigenvalue weighted by atomic mass is 10.1. The lowest BCUT2D eigenvalue weighted by molar-refractivity contribution is -0.118. The molecule has 1 heterocycles. The Morgan fingerprint density at radius 2 is 2.31 bits per heavy atom. The van der Waals surface area contributed by atoms with E-state index >= 15 is 0 Å². The smallest absolute Gasteiger partial charge is 0.170 e. The predicted octanol–water partition coefficient (Wildman–Crippen LogP) is 2.18. The lowest BCUT2D eigenvalue weighted by Crippen LogP contribution is -2.19. The van der Waals surface area contributed by atoms with Gasteiger partial charge in [-0.25, -0.2) is 0 Å². The van der Waals surface area contributed by atoms with Gasteiger partial charge < -0.3 is 4.90 Å². The van der Waals surface area contributed by atoms with Crippen LogP contribution < -0.4 is 4.90 Å². The van der Waals surface area contributed by atoms with E-state index in [0.29, 0.717) is 18.1 Å². The van der Waals surface area contributed by atoms with Crippen molar-refractivity contribution in [2.45, 2.75) is 6.92 Å². The molecule has 0 unspecified atom stereocenters. The van der Waals surface area contributed by atoms with Crippen molar-refractivity contribution in [1.82, 2.24) is 0 Å². The van der Waals surface area contributed by atoms with Crippen LogP contribution in [0.3, 0.4) is 0 Å². The highest BCUT2D eigenvalue weighted by atomic mass is 35.5. The summed E-state index contributed by atoms with van der Waals surface area (Å²) in [6.45, 7) is 2.70. The van der Waals surface area contributed by atoms with Gasteiger partial charge in [-0.05, 0) is 24.6 Å². The number of hydrogen-bond donors (Lipinski definition) is 0. The van der Waals surface area contributed by atoms with Crippen molar-refractivity contribution in [1.29, 1.82) is 5.26 Å². The molecule has 1 atom stereocenters. The van der Waals surface area contributed by atoms with Gasteiger partial charge in [0, 0.05) is 17.3 Å². The third kappa shape index (κ3) is 1.89. The second-order valence-electron chi connectivity index (χ2n) is 3.96. The number of nitrogens with zero attached hydrogens (tertiary/aromatic N) is 2. The fourth-order valence-corrected chi connectivity index (χ4v) is 1.95. The molecule has 4 heteroatoms. The minimum Gasteiger partial charge on any atom is -0.362 e. The van der Waals surface area contributed by atoms with Crippen molar-refractivity contribution in [2.24, 2.45) is 5.92 Å². The number of hydrogen-bond acceptors (Lipinski definition) is 3. The third-order valence-electron chi connectivity index (χ3n) is 2.81. The number of carbonyl (C=O) groups excluding carboxylic acids is 1. The number of aryl methyl sites for hydroxylation is 1. The van der Waals surface area contributed by atoms with Gasteiger partial charge in [-0.2, -0.15) is 5.26 Å². The van der Waals surface area contributed by atoms with Crippen molar-refractivity contribution < 1.29 is 4.79 Å². The van der Waals surface area contributed by atoms with Crippen LogP contribution >= 0.6 is 11.6 Å². The Kier molecular flexibility index (Phi) is 2.84. The maximum Gasteiger partial charge on any atom is 0.170 e. The summed E-state index contributed by atoms with van der Waals surface area (Å²) in [7, 11) is 0. The number of halogens is 1. The second-order valence-corrected chi connectivity index (χ2v) is 4.37. The van der Waals surface area contributed by atoms with E-state index in [9.17, 15) is 4.79 Å². The molecule has 0 bridgehead atoms. The standard InChI is InChI=1S/C12H11ClN2O/c1-8-2-3-10(4-11(8)13)15-6-9(5-14)12(16)7-15/h2-4,9H,6-7H2,1H3/t9-/m0/s1. The summed E-state index contributed by atoms with van der Waals surface area (Å²) in [4.78, 5) is 13.3. The van der Waals surface area contributed by atoms with E-state index < -0.39 is 5.92 Å². The average Bonchev–Trinajstić information content (AvgIpc) is 2.64. The first-order chi connectivity index (χ1) is 7.61. The van der Waals surface area contributed by atoms with Crippen molar-refractivity contribution in [2.75, 3.05) is 18.0 Å². The van der Waals surface area contributed by atoms with E-state index in [4.69, 9.17) is 16.9 Å². The highest BCUT2D eigenvalue weighted by Crippen LogP contribution is 2.26. The van der Waals surface area contributed by atoms with Gasteiger partial charge in [-0.1, -0.05) is 17.7 Å². The van der Waals surface area contributed by atoms with Gasteiger partial charge in [0.05, 0.1) is 12.6 Å². The first-order valence-corrected chi connectivity index (χ1v) is 5.43. The van der Waals surface area contributed by atoms with Gasteiger partial charge in [-0.3, -0.25) is 4.79 Å². The van der Waals surface area contributed by atoms with Crippen molar-refractivity contribution in [3.63, 3.8) is 0 Å². The number of Topliss-reactive ketones (excluding diaryl/α,β-unsaturated/α-hetero) is 1. The van der Waals surface area contributed by atoms with Gasteiger partial charge in [-0.15, -0.1) is 0 Å². The Hall–Kier alpha value is -1.53. The minimum atomic E-state index is -0.500. The van der Waals surface area contributed by atoms with Crippen LogP contribution in [0.4, 0.5) is 5.69 Å². The van der Waals surface area contributed by atoms with Crippen LogP contribution in [-0.2, 0) is 4.79 Å². The van der Waals surface area contributed by atoms with Gasteiger partial charge in [0.25, 0.3) is 0 Å². The molecule has 1 aliphatic rings. The molecule has 1 saturated heterocycles. The Labute approximate surface area is 99.2 Å². The van der Waals surface area contributed by atoms with E-state index in [1.54, 1.807) is 0 Å². The van der Waals surface area contributed by atoms with E-state index in [0.717, 1.165) is 11.3 Å². The fourth-order valence-electron chi connectivity index (χ4n) is 1.77. The normalized spacial score (nSPS) is 19.9. The van der Waals surface area contributed by atoms with Crippen LogP contribution in [-0.4, -0.2) is 18.9 Å². The molecule has 0 radical (unpaired) electrons. The predicted molar refractivity (Wildman–Crippen MR) is 62.5 cm³/mol. The minimum absolute atomic E-state index is 0.0146. The van der Waals surface area contributed by atoms with Crippen molar-refractivity contribution >= 4 is 23.1 Å². The molecule has 0 aliphatic carbocycles. The molecular weight excluding hydrogens is 224 g/mol. The topological polar surface area (TPSA) is 44.1 Å². The largest absolute Gasteiger partial charge is 0.362 e. The molecule has 16 heavy (non-hydrogen) atoms. The zero-order valence-electron chi connectivity index (χ0n) is 8.90. The monoisotopic (exact) mass is 234 g/mol. The lowest BCUT2D eigenvalue weighted by Gasteiger charge is -2.17. The Bertz CT molecular complexity index is 478. The molecule has 1 fully saturated rings. The van der Waals surface area contributed by atoms with Crippen LogP contribution in [0.1, 0.15) is 5.56 Å². The average molecular weight is 235 g/mol. The van der Waals surface area contributed by atoms with E-state index in [2.05, 4.69) is 0 Å². The SMILES string of the molecule is Cc1ccc(N2CC(=O)[C@@H](C#N)C2)cc1Cl. The summed E-state index contributed by atoms with van der Waals surface area (Å²) in [6.07, 6.45) is 0. The van der Waals surface area contributed by atoms with Crippen LogP contribution in [0, 0.1) is 24.2 Å². The molecule has 0 N–H and O–H groups in total. The quantitative estimate of drug-likeness (QED) is 0.748. The fraction of sp³-hybridized carbons (Fsp3) is 0.333. The molecular formula is C12H11ClN2O. The van der Waals surface area contributed by atoms with Crippen LogP contribution in [0.25, 0.3) is 0 Å². The van der Waals surface area contributed by atoms with Gasteiger partial charge >= 0.3 is 0 Å². The summed E-state index contributed by atoms with van der Waals surface area (Å²) in [5, 5.41) is 9.46. The maximum atomic E-state index is 11.4. The zero-order valence-corrected chi connectivity index (χ0v) is 9.66. The molecule has 1 aliphatic heterocycles. The highest BCUT2D eigenvalue weighted by molar-refractivity contribution is 6.31. The molecule has 2 rings (SSSR count). The number of ketones is 1. The Morgan fingerprint density at radius 1 is 1.56 bits per heavy atom. The molecule has 0 spiro atoms. The van der Waals surface area contributed by atoms with E-state index in [-0.39, 0.29) is 5.78 Å². The van der Waals surface area contributed by atoms with Crippen LogP contribution in [0.5, 0.6) is 0 Å². The van der Waals surface area contributed by atoms with Crippen molar-refractivity contribution in [3.8, 4) is 6.07 Å². The number of anilines is 1. The maximum absolute atomic E-state index is 11.4. The zero-order chi connectivity index (χ0) is 11.7.